The first kappa shape index (κ1) is 72.9. The number of aliphatic carboxylic acids is 1. The number of H-pyrrole nitrogens is 1. The Labute approximate surface area is 541 Å². The number of nitrogens with one attached hydrogen (secondary N) is 10. The third-order valence-corrected chi connectivity index (χ3v) is 18.2. The molecule has 12 atom stereocenters. The molecule has 11 amide bonds. The fourth-order valence-corrected chi connectivity index (χ4v) is 13.1. The SMILES string of the molecule is CC(C)C[C@H](NC(=O)[C@H](Cc1ccccc1)NC(=O)[C@@H](N)Cc1ccccc1)C(=O)N1CCC[C@H]1C(=O)N1CCC[C@H]1C(=O)NC1CSSCC(C(=O)O)NC(=O)[C@H]([C@@H](C)O)NC(=O)CNC(=O)[C@H](CCCCN)NC(=O)[C@H](Cc2cnc[nH]2)NC(=O)[C@H](C)NC1=O. The summed E-state index contributed by atoms with van der Waals surface area (Å²) < 4.78 is 0. The molecule has 3 fully saturated rings. The van der Waals surface area contributed by atoms with Crippen LogP contribution in [0.25, 0.3) is 0 Å². The Hall–Kier alpha value is -8.13. The minimum absolute atomic E-state index is 0.0330. The van der Waals surface area contributed by atoms with Gasteiger partial charge in [-0.3, -0.25) is 52.7 Å². The molecule has 502 valence electrons. The van der Waals surface area contributed by atoms with Gasteiger partial charge in [-0.1, -0.05) is 96.1 Å². The number of benzene rings is 2. The molecule has 4 heterocycles. The van der Waals surface area contributed by atoms with Crippen LogP contribution in [-0.2, 0) is 76.8 Å². The summed E-state index contributed by atoms with van der Waals surface area (Å²) in [7, 11) is 1.79. The molecule has 92 heavy (non-hydrogen) atoms. The summed E-state index contributed by atoms with van der Waals surface area (Å²) >= 11 is 0. The quantitative estimate of drug-likeness (QED) is 0.0375. The average molecular weight is 1320 g/mol. The maximum Gasteiger partial charge on any atom is 0.327 e. The largest absolute Gasteiger partial charge is 0.480 e. The molecule has 1 aromatic heterocycles. The first-order valence-electron chi connectivity index (χ1n) is 30.9. The number of rotatable bonds is 22. The van der Waals surface area contributed by atoms with E-state index in [1.807, 2.05) is 50.2 Å². The second-order valence-corrected chi connectivity index (χ2v) is 26.1. The summed E-state index contributed by atoms with van der Waals surface area (Å²) in [6, 6.07) is 3.80. The molecular weight excluding hydrogens is 1230 g/mol. The summed E-state index contributed by atoms with van der Waals surface area (Å²) in [4.78, 5) is 177. The lowest BCUT2D eigenvalue weighted by Gasteiger charge is -2.34. The lowest BCUT2D eigenvalue weighted by atomic mass is 9.99. The van der Waals surface area contributed by atoms with Crippen LogP contribution >= 0.6 is 21.6 Å². The average Bonchev–Trinajstić information content (AvgIpc) is 1.68. The van der Waals surface area contributed by atoms with E-state index in [2.05, 4.69) is 57.8 Å². The van der Waals surface area contributed by atoms with Crippen LogP contribution in [0, 0.1) is 5.92 Å². The van der Waals surface area contributed by atoms with Gasteiger partial charge in [0.25, 0.3) is 0 Å². The molecule has 6 rings (SSSR count). The number of aliphatic hydroxyl groups is 1. The third kappa shape index (κ3) is 22.0. The Kier molecular flexibility index (Phi) is 28.7. The van der Waals surface area contributed by atoms with Crippen molar-refractivity contribution < 1.29 is 67.7 Å². The molecule has 2 aromatic carbocycles. The maximum atomic E-state index is 14.8. The van der Waals surface area contributed by atoms with Gasteiger partial charge in [-0.2, -0.15) is 0 Å². The number of nitrogens with two attached hydrogens (primary N) is 2. The molecule has 16 N–H and O–H groups in total. The lowest BCUT2D eigenvalue weighted by molar-refractivity contribution is -0.148. The van der Waals surface area contributed by atoms with E-state index in [-0.39, 0.29) is 82.0 Å². The fraction of sp³-hybridized carbons (Fsp3) is 0.557. The normalized spacial score (nSPS) is 23.9. The van der Waals surface area contributed by atoms with Crippen molar-refractivity contribution in [2.45, 2.75) is 171 Å². The van der Waals surface area contributed by atoms with Crippen LogP contribution in [0.15, 0.2) is 73.2 Å². The molecular formula is C61H87N15O14S2. The van der Waals surface area contributed by atoms with Crippen molar-refractivity contribution >= 4 is 92.5 Å². The highest BCUT2D eigenvalue weighted by Gasteiger charge is 2.45. The van der Waals surface area contributed by atoms with Gasteiger partial charge in [-0.15, -0.1) is 0 Å². The number of carbonyl (C=O) groups is 12. The van der Waals surface area contributed by atoms with Gasteiger partial charge in [0.1, 0.15) is 60.4 Å². The molecule has 3 saturated heterocycles. The monoisotopic (exact) mass is 1320 g/mol. The highest BCUT2D eigenvalue weighted by molar-refractivity contribution is 8.76. The molecule has 31 heteroatoms. The Morgan fingerprint density at radius 2 is 1.35 bits per heavy atom. The minimum Gasteiger partial charge on any atom is -0.480 e. The molecule has 0 saturated carbocycles. The van der Waals surface area contributed by atoms with Crippen molar-refractivity contribution in [3.63, 3.8) is 0 Å². The highest BCUT2D eigenvalue weighted by atomic mass is 33.1. The molecule has 0 radical (unpaired) electrons. The van der Waals surface area contributed by atoms with Crippen molar-refractivity contribution in [1.29, 1.82) is 0 Å². The zero-order valence-corrected chi connectivity index (χ0v) is 53.7. The third-order valence-electron chi connectivity index (χ3n) is 15.8. The summed E-state index contributed by atoms with van der Waals surface area (Å²) in [5.74, 6) is -10.8. The topological polar surface area (TPSA) is 441 Å². The fourth-order valence-electron chi connectivity index (χ4n) is 10.8. The van der Waals surface area contributed by atoms with E-state index in [0.717, 1.165) is 32.7 Å². The number of aromatic nitrogens is 2. The van der Waals surface area contributed by atoms with E-state index in [1.54, 1.807) is 24.3 Å². The van der Waals surface area contributed by atoms with Crippen LogP contribution in [0.1, 0.15) is 95.9 Å². The molecule has 3 aliphatic rings. The Morgan fingerprint density at radius 3 is 1.98 bits per heavy atom. The Balaban J connectivity index is 1.21. The van der Waals surface area contributed by atoms with E-state index < -0.39 is 150 Å². The van der Waals surface area contributed by atoms with Crippen LogP contribution in [0.5, 0.6) is 0 Å². The Morgan fingerprint density at radius 1 is 0.717 bits per heavy atom. The number of amides is 11. The first-order valence-corrected chi connectivity index (χ1v) is 33.4. The van der Waals surface area contributed by atoms with E-state index in [9.17, 15) is 67.7 Å². The Bertz CT molecular complexity index is 3020. The highest BCUT2D eigenvalue weighted by Crippen LogP contribution is 2.28. The van der Waals surface area contributed by atoms with Gasteiger partial charge >= 0.3 is 5.97 Å². The predicted octanol–water partition coefficient (Wildman–Crippen LogP) is -2.20. The van der Waals surface area contributed by atoms with E-state index >= 15 is 0 Å². The van der Waals surface area contributed by atoms with Gasteiger partial charge in [0.15, 0.2) is 0 Å². The van der Waals surface area contributed by atoms with Gasteiger partial charge in [0, 0.05) is 49.3 Å². The van der Waals surface area contributed by atoms with Gasteiger partial charge in [-0.25, -0.2) is 9.78 Å². The second kappa shape index (κ2) is 36.2. The van der Waals surface area contributed by atoms with Crippen molar-refractivity contribution in [3.05, 3.63) is 90.0 Å². The van der Waals surface area contributed by atoms with E-state index in [4.69, 9.17) is 11.5 Å². The number of imidazole rings is 1. The van der Waals surface area contributed by atoms with Crippen LogP contribution in [-0.4, -0.2) is 211 Å². The van der Waals surface area contributed by atoms with Crippen molar-refractivity contribution in [2.75, 3.05) is 37.7 Å². The van der Waals surface area contributed by atoms with Crippen LogP contribution < -0.4 is 59.3 Å². The van der Waals surface area contributed by atoms with Gasteiger partial charge in [-0.05, 0) is 95.2 Å². The number of likely N-dealkylation sites (tertiary alicyclic amines) is 2. The zero-order chi connectivity index (χ0) is 67.0. The summed E-state index contributed by atoms with van der Waals surface area (Å²) in [6.45, 7) is 6.01. The van der Waals surface area contributed by atoms with E-state index in [1.165, 1.54) is 36.2 Å². The number of aromatic amines is 1. The smallest absolute Gasteiger partial charge is 0.327 e. The van der Waals surface area contributed by atoms with Gasteiger partial charge in [0.05, 0.1) is 25.0 Å². The minimum atomic E-state index is -1.70. The summed E-state index contributed by atoms with van der Waals surface area (Å²) in [6.07, 6.45) is 3.43. The molecule has 0 bridgehead atoms. The van der Waals surface area contributed by atoms with Crippen molar-refractivity contribution in [3.8, 4) is 0 Å². The van der Waals surface area contributed by atoms with Crippen LogP contribution in [0.2, 0.25) is 0 Å². The standard InChI is InChI=1S/C61H87N15O14S2/c1-34(2)25-44(71-54(82)42(27-38-17-9-6-10-18-38)70-52(80)40(63)26-37-15-7-5-8-16-37)59(87)76-24-14-21-48(76)60(88)75-23-13-20-47(75)57(85)72-45-31-91-92-32-46(61(89)90)73-58(86)50(36(4)77)74-49(78)30-65-53(81)41(19-11-12-22-62)68-55(83)43(28-39-29-64-33-66-39)69-51(79)35(3)67-56(45)84/h5-10,15-18,29,33-36,40-48,50,77H,11-14,19-28,30-32,62-63H2,1-4H3,(H,64,66)(H,65,81)(H,67,84)(H,68,83)(H,69,79)(H,70,80)(H,71,82)(H,72,85)(H,73,86)(H,74,78)(H,89,90)/t35-,36+,40-,41-,42-,43-,44-,45?,46?,47-,48-,50-/m0/s1. The number of aliphatic hydroxyl groups excluding tert-OH is 1. The first-order chi connectivity index (χ1) is 43.9. The number of carboxylic acids is 1. The second-order valence-electron chi connectivity index (χ2n) is 23.6. The number of unbranched alkanes of at least 4 members (excludes halogenated alkanes) is 1. The molecule has 3 aliphatic heterocycles. The molecule has 0 spiro atoms. The summed E-state index contributed by atoms with van der Waals surface area (Å²) in [5, 5.41) is 44.0. The number of nitrogens with zero attached hydrogens (tertiary/aromatic N) is 3. The molecule has 0 aliphatic carbocycles. The number of carbonyl (C=O) groups excluding carboxylic acids is 11. The van der Waals surface area contributed by atoms with Crippen LogP contribution in [0.3, 0.4) is 0 Å². The van der Waals surface area contributed by atoms with E-state index in [0.29, 0.717) is 31.4 Å². The summed E-state index contributed by atoms with van der Waals surface area (Å²) in [5.41, 5.74) is 14.0. The number of hydrogen-bond donors (Lipinski definition) is 14. The molecule has 29 nitrogen and oxygen atoms in total. The van der Waals surface area contributed by atoms with Crippen LogP contribution in [0.4, 0.5) is 0 Å². The molecule has 2 unspecified atom stereocenters. The van der Waals surface area contributed by atoms with Crippen molar-refractivity contribution in [1.82, 2.24) is 67.6 Å². The molecule has 3 aromatic rings. The van der Waals surface area contributed by atoms with Crippen molar-refractivity contribution in [2.24, 2.45) is 17.4 Å². The lowest BCUT2D eigenvalue weighted by Crippen LogP contribution is -2.60. The van der Waals surface area contributed by atoms with Gasteiger partial charge in [0.2, 0.25) is 65.0 Å². The zero-order valence-electron chi connectivity index (χ0n) is 52.1. The number of hydrogen-bond acceptors (Lipinski definition) is 18. The predicted molar refractivity (Wildman–Crippen MR) is 341 cm³/mol. The maximum absolute atomic E-state index is 14.8. The number of carboxylic acid groups (broad SMARTS) is 1. The van der Waals surface area contributed by atoms with Gasteiger partial charge < -0.3 is 84.3 Å².